The van der Waals surface area contributed by atoms with Crippen molar-refractivity contribution in [2.75, 3.05) is 13.2 Å². The average Bonchev–Trinajstić information content (AvgIpc) is 2.42. The Morgan fingerprint density at radius 3 is 2.00 bits per heavy atom. The molecule has 6 heteroatoms. The maximum absolute atomic E-state index is 13.0. The van der Waals surface area contributed by atoms with E-state index in [9.17, 15) is 13.6 Å². The monoisotopic (exact) mass is 332 g/mol. The van der Waals surface area contributed by atoms with Gasteiger partial charge in [-0.05, 0) is 50.8 Å². The van der Waals surface area contributed by atoms with Crippen molar-refractivity contribution in [3.8, 4) is 0 Å². The molecule has 0 radical (unpaired) electrons. The number of unbranched alkanes of at least 4 members (excludes halogenated alkanes) is 3. The van der Waals surface area contributed by atoms with Gasteiger partial charge in [0.05, 0.1) is 0 Å². The largest absolute Gasteiger partial charge is 0.498 e. The zero-order chi connectivity index (χ0) is 16.4. The van der Waals surface area contributed by atoms with Gasteiger partial charge in [-0.1, -0.05) is 12.8 Å². The first-order chi connectivity index (χ1) is 10.5. The van der Waals surface area contributed by atoms with E-state index in [4.69, 9.17) is 8.85 Å². The molecular formula is C16H26F2O3Si. The summed E-state index contributed by atoms with van der Waals surface area (Å²) >= 11 is 0. The van der Waals surface area contributed by atoms with Gasteiger partial charge in [0, 0.05) is 25.3 Å². The smallest absolute Gasteiger partial charge is 0.390 e. The van der Waals surface area contributed by atoms with Crippen molar-refractivity contribution in [1.82, 2.24) is 0 Å². The van der Waals surface area contributed by atoms with Crippen LogP contribution < -0.4 is 0 Å². The topological polar surface area (TPSA) is 38.7 Å². The fourth-order valence-corrected chi connectivity index (χ4v) is 4.39. The maximum Gasteiger partial charge on any atom is 0.498 e. The van der Waals surface area contributed by atoms with Crippen molar-refractivity contribution in [1.29, 1.82) is 0 Å². The summed E-state index contributed by atoms with van der Waals surface area (Å²) in [5.74, 6) is -1.06. The summed E-state index contributed by atoms with van der Waals surface area (Å²) in [5.41, 5.74) is 0.687. The van der Waals surface area contributed by atoms with Gasteiger partial charge in [-0.3, -0.25) is 0 Å². The normalized spacial score (nSPS) is 11.9. The van der Waals surface area contributed by atoms with Crippen LogP contribution in [0.15, 0.2) is 18.2 Å². The summed E-state index contributed by atoms with van der Waals surface area (Å²) in [4.78, 5) is 10.2. The molecule has 0 fully saturated rings. The lowest BCUT2D eigenvalue weighted by Crippen LogP contribution is -2.42. The molecule has 0 saturated heterocycles. The molecule has 1 rings (SSSR count). The van der Waals surface area contributed by atoms with E-state index in [1.54, 1.807) is 0 Å². The summed E-state index contributed by atoms with van der Waals surface area (Å²) in [7, 11) is -2.99. The van der Waals surface area contributed by atoms with Gasteiger partial charge in [0.1, 0.15) is 11.6 Å². The van der Waals surface area contributed by atoms with E-state index in [2.05, 4.69) is 0 Å². The van der Waals surface area contributed by atoms with Crippen LogP contribution in [0.4, 0.5) is 8.78 Å². The van der Waals surface area contributed by atoms with Crippen LogP contribution in [0, 0.1) is 11.6 Å². The number of hydrogen-bond acceptors (Lipinski definition) is 3. The van der Waals surface area contributed by atoms with Gasteiger partial charge in [0.15, 0.2) is 0 Å². The molecule has 1 aromatic rings. The molecule has 0 spiro atoms. The predicted molar refractivity (Wildman–Crippen MR) is 84.6 cm³/mol. The van der Waals surface area contributed by atoms with Crippen molar-refractivity contribution in [3.05, 3.63) is 35.4 Å². The van der Waals surface area contributed by atoms with Gasteiger partial charge in [-0.15, -0.1) is 0 Å². The standard InChI is InChI=1S/C16H26F2O3Si/c1-3-20-22(19,21-4-2)10-8-6-5-7-9-14-11-15(17)13-16(18)12-14/h11-13,19H,3-10H2,1-2H3. The molecule has 22 heavy (non-hydrogen) atoms. The summed E-state index contributed by atoms with van der Waals surface area (Å²) in [6.45, 7) is 4.59. The van der Waals surface area contributed by atoms with Crippen molar-refractivity contribution in [2.24, 2.45) is 0 Å². The van der Waals surface area contributed by atoms with Crippen molar-refractivity contribution >= 4 is 8.80 Å². The minimum atomic E-state index is -2.99. The van der Waals surface area contributed by atoms with E-state index in [-0.39, 0.29) is 0 Å². The Balaban J connectivity index is 2.22. The van der Waals surface area contributed by atoms with E-state index in [1.165, 1.54) is 12.1 Å². The Labute approximate surface area is 132 Å². The van der Waals surface area contributed by atoms with E-state index < -0.39 is 20.4 Å². The number of halogens is 2. The van der Waals surface area contributed by atoms with Crippen LogP contribution in [0.2, 0.25) is 6.04 Å². The van der Waals surface area contributed by atoms with Gasteiger partial charge in [-0.25, -0.2) is 8.78 Å². The lowest BCUT2D eigenvalue weighted by Gasteiger charge is -2.22. The molecule has 0 aliphatic carbocycles. The Hall–Kier alpha value is -0.823. The third-order valence-electron chi connectivity index (χ3n) is 3.37. The second-order valence-electron chi connectivity index (χ2n) is 5.27. The molecule has 0 atom stereocenters. The Bertz CT molecular complexity index is 417. The molecule has 0 saturated carbocycles. The highest BCUT2D eigenvalue weighted by atomic mass is 28.4. The van der Waals surface area contributed by atoms with Crippen LogP contribution in [0.5, 0.6) is 0 Å². The lowest BCUT2D eigenvalue weighted by molar-refractivity contribution is 0.107. The van der Waals surface area contributed by atoms with Gasteiger partial charge >= 0.3 is 8.80 Å². The third-order valence-corrected chi connectivity index (χ3v) is 5.84. The van der Waals surface area contributed by atoms with Crippen LogP contribution in [-0.2, 0) is 15.3 Å². The molecule has 0 aliphatic heterocycles. The van der Waals surface area contributed by atoms with Crippen molar-refractivity contribution in [2.45, 2.75) is 52.0 Å². The highest BCUT2D eigenvalue weighted by Gasteiger charge is 2.35. The van der Waals surface area contributed by atoms with Crippen molar-refractivity contribution < 1.29 is 22.4 Å². The molecule has 0 bridgehead atoms. The minimum Gasteiger partial charge on any atom is -0.390 e. The molecule has 0 heterocycles. The van der Waals surface area contributed by atoms with E-state index in [1.807, 2.05) is 13.8 Å². The zero-order valence-electron chi connectivity index (χ0n) is 13.4. The maximum atomic E-state index is 13.0. The summed E-state index contributed by atoms with van der Waals surface area (Å²) < 4.78 is 36.8. The van der Waals surface area contributed by atoms with E-state index >= 15 is 0 Å². The predicted octanol–water partition coefficient (Wildman–Crippen LogP) is 4.07. The SMILES string of the molecule is CCO[Si](O)(CCCCCCc1cc(F)cc(F)c1)OCC. The molecule has 1 aromatic carbocycles. The lowest BCUT2D eigenvalue weighted by atomic mass is 10.1. The van der Waals surface area contributed by atoms with Crippen molar-refractivity contribution in [3.63, 3.8) is 0 Å². The minimum absolute atomic E-state index is 0.452. The van der Waals surface area contributed by atoms with E-state index in [0.29, 0.717) is 31.2 Å². The molecule has 0 unspecified atom stereocenters. The van der Waals surface area contributed by atoms with Crippen LogP contribution in [0.1, 0.15) is 45.1 Å². The molecule has 126 valence electrons. The highest BCUT2D eigenvalue weighted by Crippen LogP contribution is 2.17. The third kappa shape index (κ3) is 7.44. The Kier molecular flexibility index (Phi) is 8.78. The number of hydrogen-bond donors (Lipinski definition) is 1. The fraction of sp³-hybridized carbons (Fsp3) is 0.625. The molecule has 3 nitrogen and oxygen atoms in total. The quantitative estimate of drug-likeness (QED) is 0.490. The first-order valence-electron chi connectivity index (χ1n) is 7.94. The first-order valence-corrected chi connectivity index (χ1v) is 9.91. The molecule has 0 aliphatic rings. The average molecular weight is 332 g/mol. The van der Waals surface area contributed by atoms with Crippen LogP contribution in [0.3, 0.4) is 0 Å². The van der Waals surface area contributed by atoms with Crippen LogP contribution in [-0.4, -0.2) is 26.8 Å². The molecular weight excluding hydrogens is 306 g/mol. The fourth-order valence-electron chi connectivity index (χ4n) is 2.42. The van der Waals surface area contributed by atoms with E-state index in [0.717, 1.165) is 31.7 Å². The second kappa shape index (κ2) is 10.0. The number of aryl methyl sites for hydroxylation is 1. The molecule has 0 aromatic heterocycles. The summed E-state index contributed by atoms with van der Waals surface area (Å²) in [6, 6.07) is 4.19. The summed E-state index contributed by atoms with van der Waals surface area (Å²) in [6.07, 6.45) is 4.24. The van der Waals surface area contributed by atoms with Crippen LogP contribution in [0.25, 0.3) is 0 Å². The second-order valence-corrected chi connectivity index (χ2v) is 7.77. The summed E-state index contributed by atoms with van der Waals surface area (Å²) in [5, 5.41) is 0. The van der Waals surface area contributed by atoms with Gasteiger partial charge in [-0.2, -0.15) is 0 Å². The number of benzene rings is 1. The van der Waals surface area contributed by atoms with Crippen LogP contribution >= 0.6 is 0 Å². The Morgan fingerprint density at radius 2 is 1.45 bits per heavy atom. The first kappa shape index (κ1) is 19.2. The Morgan fingerprint density at radius 1 is 0.909 bits per heavy atom. The molecule has 1 N–H and O–H groups in total. The van der Waals surface area contributed by atoms with Gasteiger partial charge in [0.2, 0.25) is 0 Å². The molecule has 0 amide bonds. The number of rotatable bonds is 11. The zero-order valence-corrected chi connectivity index (χ0v) is 14.4. The van der Waals surface area contributed by atoms with Gasteiger partial charge < -0.3 is 13.6 Å². The van der Waals surface area contributed by atoms with Gasteiger partial charge in [0.25, 0.3) is 0 Å². The highest BCUT2D eigenvalue weighted by molar-refractivity contribution is 6.59.